The van der Waals surface area contributed by atoms with E-state index in [9.17, 15) is 0 Å². The van der Waals surface area contributed by atoms with Crippen LogP contribution in [0.1, 0.15) is 29.6 Å². The lowest BCUT2D eigenvalue weighted by Crippen LogP contribution is -2.13. The van der Waals surface area contributed by atoms with Crippen molar-refractivity contribution in [2.24, 2.45) is 0 Å². The molecule has 0 aliphatic carbocycles. The Morgan fingerprint density at radius 1 is 1.37 bits per heavy atom. The van der Waals surface area contributed by atoms with Crippen molar-refractivity contribution < 1.29 is 4.74 Å². The average molecular weight is 276 g/mol. The van der Waals surface area contributed by atoms with E-state index in [0.29, 0.717) is 6.61 Å². The summed E-state index contributed by atoms with van der Waals surface area (Å²) in [4.78, 5) is 4.39. The Balaban J connectivity index is 1.87. The van der Waals surface area contributed by atoms with Gasteiger partial charge in [0, 0.05) is 17.6 Å². The van der Waals surface area contributed by atoms with Crippen LogP contribution < -0.4 is 10.1 Å². The number of thiazole rings is 1. The fraction of sp³-hybridized carbons (Fsp3) is 0.400. The summed E-state index contributed by atoms with van der Waals surface area (Å²) in [5.74, 6) is 0.906. The molecule has 19 heavy (non-hydrogen) atoms. The highest BCUT2D eigenvalue weighted by molar-refractivity contribution is 7.09. The number of hydrogen-bond acceptors (Lipinski definition) is 4. The first kappa shape index (κ1) is 14.0. The molecule has 0 aliphatic rings. The van der Waals surface area contributed by atoms with Crippen molar-refractivity contribution in [3.05, 3.63) is 45.9 Å². The van der Waals surface area contributed by atoms with Crippen molar-refractivity contribution in [3.63, 3.8) is 0 Å². The smallest absolute Gasteiger partial charge is 0.140 e. The van der Waals surface area contributed by atoms with Gasteiger partial charge in [-0.25, -0.2) is 4.98 Å². The molecule has 0 aliphatic heterocycles. The van der Waals surface area contributed by atoms with Crippen LogP contribution >= 0.6 is 11.3 Å². The number of nitrogens with zero attached hydrogens (tertiary/aromatic N) is 1. The minimum atomic E-state index is 0.546. The van der Waals surface area contributed by atoms with Crippen LogP contribution in [0.2, 0.25) is 0 Å². The van der Waals surface area contributed by atoms with Gasteiger partial charge in [-0.2, -0.15) is 0 Å². The van der Waals surface area contributed by atoms with Gasteiger partial charge in [0.25, 0.3) is 0 Å². The predicted molar refractivity (Wildman–Crippen MR) is 79.6 cm³/mol. The lowest BCUT2D eigenvalue weighted by atomic mass is 10.2. The third-order valence-corrected chi connectivity index (χ3v) is 3.62. The highest BCUT2D eigenvalue weighted by Crippen LogP contribution is 2.16. The predicted octanol–water partition coefficient (Wildman–Crippen LogP) is 3.53. The first-order valence-electron chi connectivity index (χ1n) is 6.61. The van der Waals surface area contributed by atoms with Crippen molar-refractivity contribution in [1.82, 2.24) is 10.3 Å². The fourth-order valence-electron chi connectivity index (χ4n) is 1.77. The normalized spacial score (nSPS) is 10.6. The number of benzene rings is 1. The van der Waals surface area contributed by atoms with Crippen LogP contribution in [-0.2, 0) is 13.2 Å². The van der Waals surface area contributed by atoms with Crippen molar-refractivity contribution in [3.8, 4) is 5.75 Å². The molecule has 0 amide bonds. The van der Waals surface area contributed by atoms with Crippen LogP contribution in [0.3, 0.4) is 0 Å². The molecule has 1 aromatic heterocycles. The summed E-state index contributed by atoms with van der Waals surface area (Å²) in [5, 5.41) is 6.46. The van der Waals surface area contributed by atoms with Crippen LogP contribution in [0.4, 0.5) is 0 Å². The Morgan fingerprint density at radius 2 is 2.26 bits per heavy atom. The number of hydrogen-bond donors (Lipinski definition) is 1. The van der Waals surface area contributed by atoms with E-state index >= 15 is 0 Å². The highest BCUT2D eigenvalue weighted by atomic mass is 32.1. The van der Waals surface area contributed by atoms with Crippen molar-refractivity contribution in [2.45, 2.75) is 33.4 Å². The van der Waals surface area contributed by atoms with Gasteiger partial charge in [0.1, 0.15) is 17.4 Å². The summed E-state index contributed by atoms with van der Waals surface area (Å²) < 4.78 is 5.77. The molecule has 0 bridgehead atoms. The van der Waals surface area contributed by atoms with Gasteiger partial charge in [-0.3, -0.25) is 0 Å². The Labute approximate surface area is 118 Å². The van der Waals surface area contributed by atoms with Crippen molar-refractivity contribution in [1.29, 1.82) is 0 Å². The Kier molecular flexibility index (Phi) is 5.36. The van der Waals surface area contributed by atoms with Crippen LogP contribution in [0.5, 0.6) is 5.75 Å². The van der Waals surface area contributed by atoms with Crippen LogP contribution in [0, 0.1) is 6.92 Å². The van der Waals surface area contributed by atoms with Gasteiger partial charge in [-0.1, -0.05) is 19.1 Å². The van der Waals surface area contributed by atoms with Crippen LogP contribution in [-0.4, -0.2) is 11.5 Å². The molecule has 0 atom stereocenters. The zero-order valence-electron chi connectivity index (χ0n) is 11.5. The number of aromatic nitrogens is 1. The molecule has 3 nitrogen and oxygen atoms in total. The standard InChI is InChI=1S/C15H20N2OS/c1-3-7-16-9-13-5-4-6-14(8-13)18-10-15-17-12(2)11-19-15/h4-6,8,11,16H,3,7,9-10H2,1-2H3. The second-order valence-electron chi connectivity index (χ2n) is 4.50. The summed E-state index contributed by atoms with van der Waals surface area (Å²) in [6.07, 6.45) is 1.15. The van der Waals surface area contributed by atoms with E-state index in [0.717, 1.165) is 36.0 Å². The maximum absolute atomic E-state index is 5.77. The maximum atomic E-state index is 5.77. The fourth-order valence-corrected chi connectivity index (χ4v) is 2.45. The summed E-state index contributed by atoms with van der Waals surface area (Å²) in [5.41, 5.74) is 2.31. The third-order valence-electron chi connectivity index (χ3n) is 2.68. The molecule has 1 aromatic carbocycles. The lowest BCUT2D eigenvalue weighted by Gasteiger charge is -2.07. The van der Waals surface area contributed by atoms with Gasteiger partial charge in [-0.15, -0.1) is 11.3 Å². The van der Waals surface area contributed by atoms with Gasteiger partial charge in [0.2, 0.25) is 0 Å². The van der Waals surface area contributed by atoms with Crippen molar-refractivity contribution >= 4 is 11.3 Å². The summed E-state index contributed by atoms with van der Waals surface area (Å²) in [6, 6.07) is 8.22. The zero-order chi connectivity index (χ0) is 13.5. The molecule has 0 saturated carbocycles. The Hall–Kier alpha value is -1.39. The van der Waals surface area contributed by atoms with E-state index in [1.54, 1.807) is 11.3 Å². The molecular formula is C15H20N2OS. The molecule has 0 saturated heterocycles. The average Bonchev–Trinajstić information content (AvgIpc) is 2.83. The lowest BCUT2D eigenvalue weighted by molar-refractivity contribution is 0.305. The number of nitrogens with one attached hydrogen (secondary N) is 1. The Morgan fingerprint density at radius 3 is 3.00 bits per heavy atom. The van der Waals surface area contributed by atoms with E-state index in [-0.39, 0.29) is 0 Å². The van der Waals surface area contributed by atoms with Gasteiger partial charge in [0.05, 0.1) is 0 Å². The van der Waals surface area contributed by atoms with E-state index in [2.05, 4.69) is 29.4 Å². The summed E-state index contributed by atoms with van der Waals surface area (Å²) in [7, 11) is 0. The second-order valence-corrected chi connectivity index (χ2v) is 5.44. The van der Waals surface area contributed by atoms with E-state index in [4.69, 9.17) is 4.74 Å². The zero-order valence-corrected chi connectivity index (χ0v) is 12.3. The minimum absolute atomic E-state index is 0.546. The quantitative estimate of drug-likeness (QED) is 0.786. The molecule has 0 spiro atoms. The first-order valence-corrected chi connectivity index (χ1v) is 7.49. The van der Waals surface area contributed by atoms with Gasteiger partial charge < -0.3 is 10.1 Å². The molecule has 4 heteroatoms. The largest absolute Gasteiger partial charge is 0.486 e. The van der Waals surface area contributed by atoms with Crippen LogP contribution in [0.25, 0.3) is 0 Å². The van der Waals surface area contributed by atoms with Crippen molar-refractivity contribution in [2.75, 3.05) is 6.54 Å². The molecule has 1 N–H and O–H groups in total. The van der Waals surface area contributed by atoms with E-state index < -0.39 is 0 Å². The minimum Gasteiger partial charge on any atom is -0.486 e. The summed E-state index contributed by atoms with van der Waals surface area (Å²) in [6.45, 7) is 6.65. The molecule has 102 valence electrons. The third kappa shape index (κ3) is 4.65. The highest BCUT2D eigenvalue weighted by Gasteiger charge is 2.01. The van der Waals surface area contributed by atoms with E-state index in [1.165, 1.54) is 5.56 Å². The molecule has 0 unspecified atom stereocenters. The van der Waals surface area contributed by atoms with Crippen LogP contribution in [0.15, 0.2) is 29.6 Å². The first-order chi connectivity index (χ1) is 9.28. The van der Waals surface area contributed by atoms with Gasteiger partial charge in [0.15, 0.2) is 0 Å². The van der Waals surface area contributed by atoms with Gasteiger partial charge in [-0.05, 0) is 37.6 Å². The topological polar surface area (TPSA) is 34.1 Å². The number of ether oxygens (including phenoxy) is 1. The second kappa shape index (κ2) is 7.26. The Bertz CT molecular complexity index is 510. The molecule has 1 heterocycles. The molecule has 2 rings (SSSR count). The van der Waals surface area contributed by atoms with E-state index in [1.807, 2.05) is 24.4 Å². The summed E-state index contributed by atoms with van der Waals surface area (Å²) >= 11 is 1.64. The van der Waals surface area contributed by atoms with Gasteiger partial charge >= 0.3 is 0 Å². The molecular weight excluding hydrogens is 256 g/mol. The number of rotatable bonds is 7. The SMILES string of the molecule is CCCNCc1cccc(OCc2nc(C)cs2)c1. The maximum Gasteiger partial charge on any atom is 0.140 e. The molecule has 0 radical (unpaired) electrons. The number of aryl methyl sites for hydroxylation is 1. The molecule has 0 fully saturated rings. The molecule has 2 aromatic rings. The monoisotopic (exact) mass is 276 g/mol.